The minimum atomic E-state index is -1.17. The van der Waals surface area contributed by atoms with Crippen molar-refractivity contribution in [3.8, 4) is 0 Å². The van der Waals surface area contributed by atoms with Crippen LogP contribution in [-0.4, -0.2) is 66.4 Å². The molecule has 0 aliphatic carbocycles. The zero-order valence-corrected chi connectivity index (χ0v) is 11.6. The van der Waals surface area contributed by atoms with E-state index < -0.39 is 31.1 Å². The minimum Gasteiger partial charge on any atom is -0.480 e. The number of nitrogens with one attached hydrogen (secondary N) is 1. The number of nitrogens with zero attached hydrogens (tertiary/aromatic N) is 1. The largest absolute Gasteiger partial charge is 0.480 e. The van der Waals surface area contributed by atoms with Crippen LogP contribution in [0.15, 0.2) is 0 Å². The molecule has 0 aromatic carbocycles. The number of ether oxygens (including phenoxy) is 2. The van der Waals surface area contributed by atoms with E-state index in [4.69, 9.17) is 9.84 Å². The summed E-state index contributed by atoms with van der Waals surface area (Å²) in [6.45, 7) is 3.59. The third-order valence-corrected chi connectivity index (χ3v) is 2.90. The molecule has 20 heavy (non-hydrogen) atoms. The number of carboxylic acids is 1. The monoisotopic (exact) mass is 288 g/mol. The summed E-state index contributed by atoms with van der Waals surface area (Å²) in [5.74, 6) is -1.83. The molecule has 1 aliphatic heterocycles. The Morgan fingerprint density at radius 2 is 2.10 bits per heavy atom. The number of hydrogen-bond donors (Lipinski definition) is 2. The van der Waals surface area contributed by atoms with Crippen molar-refractivity contribution in [3.05, 3.63) is 0 Å². The van der Waals surface area contributed by atoms with Crippen molar-refractivity contribution in [3.63, 3.8) is 0 Å². The van der Waals surface area contributed by atoms with Crippen LogP contribution in [0.1, 0.15) is 20.3 Å². The van der Waals surface area contributed by atoms with E-state index in [1.165, 1.54) is 0 Å². The number of carboxylic acid groups (broad SMARTS) is 1. The van der Waals surface area contributed by atoms with Crippen molar-refractivity contribution in [2.24, 2.45) is 0 Å². The summed E-state index contributed by atoms with van der Waals surface area (Å²) in [5, 5.41) is 10.5. The highest BCUT2D eigenvalue weighted by molar-refractivity contribution is 5.95. The van der Waals surface area contributed by atoms with E-state index in [2.05, 4.69) is 10.1 Å². The maximum atomic E-state index is 12.0. The smallest absolute Gasteiger partial charge is 0.329 e. The number of carbonyl (C=O) groups excluding carboxylic acids is 2. The molecule has 0 aromatic heterocycles. The highest BCUT2D eigenvalue weighted by Crippen LogP contribution is 2.14. The van der Waals surface area contributed by atoms with Gasteiger partial charge in [-0.15, -0.1) is 0 Å². The molecule has 0 spiro atoms. The number of urea groups is 1. The number of carbonyl (C=O) groups is 3. The van der Waals surface area contributed by atoms with Crippen LogP contribution in [0.2, 0.25) is 0 Å². The van der Waals surface area contributed by atoms with Crippen LogP contribution < -0.4 is 5.32 Å². The summed E-state index contributed by atoms with van der Waals surface area (Å²) in [6.07, 6.45) is 0.644. The van der Waals surface area contributed by atoms with E-state index in [1.807, 2.05) is 13.8 Å². The highest BCUT2D eigenvalue weighted by Gasteiger charge is 2.30. The zero-order valence-electron chi connectivity index (χ0n) is 11.6. The van der Waals surface area contributed by atoms with Crippen LogP contribution in [0.4, 0.5) is 4.79 Å². The Morgan fingerprint density at radius 3 is 2.70 bits per heavy atom. The van der Waals surface area contributed by atoms with Crippen molar-refractivity contribution >= 4 is 17.9 Å². The van der Waals surface area contributed by atoms with Gasteiger partial charge < -0.3 is 19.5 Å². The van der Waals surface area contributed by atoms with Crippen molar-refractivity contribution in [1.29, 1.82) is 0 Å². The molecule has 8 nitrogen and oxygen atoms in total. The third kappa shape index (κ3) is 5.14. The predicted octanol–water partition coefficient (Wildman–Crippen LogP) is -0.177. The van der Waals surface area contributed by atoms with Gasteiger partial charge in [0.1, 0.15) is 13.2 Å². The van der Waals surface area contributed by atoms with Crippen molar-refractivity contribution in [1.82, 2.24) is 10.2 Å². The Bertz CT molecular complexity index is 373. The maximum absolute atomic E-state index is 12.0. The fraction of sp³-hybridized carbons (Fsp3) is 0.750. The number of hydrogen-bond acceptors (Lipinski definition) is 5. The van der Waals surface area contributed by atoms with E-state index in [-0.39, 0.29) is 12.1 Å². The van der Waals surface area contributed by atoms with Gasteiger partial charge in [0.15, 0.2) is 0 Å². The van der Waals surface area contributed by atoms with Crippen LogP contribution >= 0.6 is 0 Å². The van der Waals surface area contributed by atoms with Gasteiger partial charge in [0.2, 0.25) is 0 Å². The summed E-state index contributed by atoms with van der Waals surface area (Å²) < 4.78 is 10.1. The van der Waals surface area contributed by atoms with Gasteiger partial charge in [-0.25, -0.2) is 9.59 Å². The van der Waals surface area contributed by atoms with E-state index in [0.717, 1.165) is 6.42 Å². The SMILES string of the molecule is CCC1COC(C)CN1C(=O)NC(=O)COCC(=O)O. The first-order chi connectivity index (χ1) is 9.43. The summed E-state index contributed by atoms with van der Waals surface area (Å²) in [5.41, 5.74) is 0. The van der Waals surface area contributed by atoms with Gasteiger partial charge in [-0.3, -0.25) is 10.1 Å². The molecule has 1 saturated heterocycles. The molecule has 0 saturated carbocycles. The van der Waals surface area contributed by atoms with Gasteiger partial charge in [0, 0.05) is 6.54 Å². The highest BCUT2D eigenvalue weighted by atomic mass is 16.5. The van der Waals surface area contributed by atoms with Gasteiger partial charge in [-0.1, -0.05) is 6.92 Å². The van der Waals surface area contributed by atoms with Gasteiger partial charge >= 0.3 is 12.0 Å². The fourth-order valence-electron chi connectivity index (χ4n) is 1.89. The molecule has 2 atom stereocenters. The van der Waals surface area contributed by atoms with Crippen LogP contribution in [-0.2, 0) is 19.1 Å². The molecule has 1 rings (SSSR count). The first-order valence-electron chi connectivity index (χ1n) is 6.45. The summed E-state index contributed by atoms with van der Waals surface area (Å²) >= 11 is 0. The lowest BCUT2D eigenvalue weighted by Crippen LogP contribution is -2.55. The molecule has 0 radical (unpaired) electrons. The van der Waals surface area contributed by atoms with Crippen LogP contribution in [0.25, 0.3) is 0 Å². The second-order valence-electron chi connectivity index (χ2n) is 4.60. The number of imide groups is 1. The van der Waals surface area contributed by atoms with Crippen LogP contribution in [0.5, 0.6) is 0 Å². The van der Waals surface area contributed by atoms with Gasteiger partial charge in [0.25, 0.3) is 5.91 Å². The van der Waals surface area contributed by atoms with E-state index in [0.29, 0.717) is 13.2 Å². The molecule has 3 amide bonds. The normalized spacial score (nSPS) is 22.4. The topological polar surface area (TPSA) is 105 Å². The molecular weight excluding hydrogens is 268 g/mol. The first-order valence-corrected chi connectivity index (χ1v) is 6.45. The molecule has 0 bridgehead atoms. The lowest BCUT2D eigenvalue weighted by molar-refractivity contribution is -0.143. The maximum Gasteiger partial charge on any atom is 0.329 e. The Kier molecular flexibility index (Phi) is 6.40. The van der Waals surface area contributed by atoms with E-state index >= 15 is 0 Å². The van der Waals surface area contributed by atoms with Crippen LogP contribution in [0.3, 0.4) is 0 Å². The Morgan fingerprint density at radius 1 is 1.40 bits per heavy atom. The first kappa shape index (κ1) is 16.4. The molecular formula is C12H20N2O6. The molecule has 114 valence electrons. The van der Waals surface area contributed by atoms with Gasteiger partial charge in [0.05, 0.1) is 18.8 Å². The molecule has 1 aliphatic rings. The lowest BCUT2D eigenvalue weighted by atomic mass is 10.1. The molecule has 0 aromatic rings. The Balaban J connectivity index is 2.43. The summed E-state index contributed by atoms with van der Waals surface area (Å²) in [6, 6.07) is -0.574. The van der Waals surface area contributed by atoms with Crippen molar-refractivity contribution in [2.45, 2.75) is 32.4 Å². The lowest BCUT2D eigenvalue weighted by Gasteiger charge is -2.37. The number of aliphatic carboxylic acids is 1. The van der Waals surface area contributed by atoms with Gasteiger partial charge in [-0.2, -0.15) is 0 Å². The summed E-state index contributed by atoms with van der Waals surface area (Å²) in [4.78, 5) is 35.2. The summed E-state index contributed by atoms with van der Waals surface area (Å²) in [7, 11) is 0. The second-order valence-corrected chi connectivity index (χ2v) is 4.60. The fourth-order valence-corrected chi connectivity index (χ4v) is 1.89. The van der Waals surface area contributed by atoms with E-state index in [1.54, 1.807) is 4.90 Å². The third-order valence-electron chi connectivity index (χ3n) is 2.90. The van der Waals surface area contributed by atoms with E-state index in [9.17, 15) is 14.4 Å². The number of rotatable bonds is 5. The van der Waals surface area contributed by atoms with Gasteiger partial charge in [-0.05, 0) is 13.3 Å². The molecule has 1 fully saturated rings. The molecule has 2 N–H and O–H groups in total. The Hall–Kier alpha value is -1.67. The quantitative estimate of drug-likeness (QED) is 0.727. The minimum absolute atomic E-state index is 0.0704. The second kappa shape index (κ2) is 7.81. The molecule has 2 unspecified atom stereocenters. The van der Waals surface area contributed by atoms with Crippen molar-refractivity contribution < 1.29 is 29.0 Å². The standard InChI is InChI=1S/C12H20N2O6/c1-3-9-5-20-8(2)4-14(9)12(18)13-10(15)6-19-7-11(16)17/h8-9H,3-7H2,1-2H3,(H,16,17)(H,13,15,18). The molecule has 1 heterocycles. The Labute approximate surface area is 117 Å². The number of amides is 3. The predicted molar refractivity (Wildman–Crippen MR) is 68.2 cm³/mol. The number of morpholine rings is 1. The average molecular weight is 288 g/mol. The zero-order chi connectivity index (χ0) is 15.1. The van der Waals surface area contributed by atoms with Crippen molar-refractivity contribution in [2.75, 3.05) is 26.4 Å². The average Bonchev–Trinajstić information content (AvgIpc) is 2.38. The van der Waals surface area contributed by atoms with Crippen LogP contribution in [0, 0.1) is 0 Å². The molecule has 8 heteroatoms.